The predicted octanol–water partition coefficient (Wildman–Crippen LogP) is 2.37. The summed E-state index contributed by atoms with van der Waals surface area (Å²) < 4.78 is 4.99. The largest absolute Gasteiger partial charge is 0.370 e. The van der Waals surface area contributed by atoms with Crippen LogP contribution in [0.1, 0.15) is 12.8 Å². The van der Waals surface area contributed by atoms with E-state index < -0.39 is 0 Å². The van der Waals surface area contributed by atoms with E-state index in [1.807, 2.05) is 0 Å². The first-order valence-electron chi connectivity index (χ1n) is 2.61. The summed E-state index contributed by atoms with van der Waals surface area (Å²) in [5.74, 6) is 0.742. The van der Waals surface area contributed by atoms with Crippen LogP contribution in [0.2, 0.25) is 0 Å². The molecule has 1 nitrogen and oxygen atoms in total. The normalized spacial score (nSPS) is 9.75. The molecule has 0 N–H and O–H groups in total. The molecule has 0 rings (SSSR count). The summed E-state index contributed by atoms with van der Waals surface area (Å²) in [7, 11) is 0. The van der Waals surface area contributed by atoms with Crippen LogP contribution in [-0.2, 0) is 4.74 Å². The van der Waals surface area contributed by atoms with Crippen molar-refractivity contribution < 1.29 is 4.74 Å². The summed E-state index contributed by atoms with van der Waals surface area (Å²) in [4.78, 5) is 0. The van der Waals surface area contributed by atoms with Crippen molar-refractivity contribution in [2.45, 2.75) is 12.8 Å². The third-order valence-corrected chi connectivity index (χ3v) is 1.34. The van der Waals surface area contributed by atoms with E-state index in [1.54, 1.807) is 0 Å². The van der Waals surface area contributed by atoms with Gasteiger partial charge in [0.25, 0.3) is 0 Å². The van der Waals surface area contributed by atoms with Crippen molar-refractivity contribution in [3.05, 3.63) is 0 Å². The van der Waals surface area contributed by atoms with Gasteiger partial charge >= 0.3 is 0 Å². The Bertz CT molecular complexity index is 37.4. The second kappa shape index (κ2) is 7.73. The standard InChI is InChI=1S/C5H10BrClO/c6-5-8-4-2-1-3-7/h1-5H2. The average molecular weight is 201 g/mol. The molecule has 0 aromatic rings. The molecule has 0 saturated heterocycles. The van der Waals surface area contributed by atoms with Crippen molar-refractivity contribution in [2.75, 3.05) is 18.0 Å². The Morgan fingerprint density at radius 2 is 2.12 bits per heavy atom. The first-order valence-corrected chi connectivity index (χ1v) is 4.27. The van der Waals surface area contributed by atoms with Crippen molar-refractivity contribution in [3.63, 3.8) is 0 Å². The molecule has 0 saturated carbocycles. The number of rotatable bonds is 5. The van der Waals surface area contributed by atoms with Crippen LogP contribution in [0.25, 0.3) is 0 Å². The molecule has 0 spiro atoms. The molecular weight excluding hydrogens is 191 g/mol. The van der Waals surface area contributed by atoms with Gasteiger partial charge in [-0.05, 0) is 12.8 Å². The van der Waals surface area contributed by atoms with Gasteiger partial charge < -0.3 is 4.74 Å². The lowest BCUT2D eigenvalue weighted by Crippen LogP contribution is -1.90. The molecule has 8 heavy (non-hydrogen) atoms. The third-order valence-electron chi connectivity index (χ3n) is 0.749. The van der Waals surface area contributed by atoms with Crippen LogP contribution in [0.5, 0.6) is 0 Å². The third kappa shape index (κ3) is 6.73. The Labute approximate surface area is 63.5 Å². The summed E-state index contributed by atoms with van der Waals surface area (Å²) in [6.45, 7) is 0.817. The minimum atomic E-state index is 0.634. The molecule has 0 aliphatic heterocycles. The Kier molecular flexibility index (Phi) is 8.44. The van der Waals surface area contributed by atoms with Crippen molar-refractivity contribution in [1.82, 2.24) is 0 Å². The highest BCUT2D eigenvalue weighted by atomic mass is 79.9. The zero-order chi connectivity index (χ0) is 6.24. The number of hydrogen-bond donors (Lipinski definition) is 0. The highest BCUT2D eigenvalue weighted by molar-refractivity contribution is 9.09. The summed E-state index contributed by atoms with van der Waals surface area (Å²) >= 11 is 8.56. The highest BCUT2D eigenvalue weighted by Crippen LogP contribution is 1.93. The fourth-order valence-corrected chi connectivity index (χ4v) is 0.771. The lowest BCUT2D eigenvalue weighted by atomic mass is 10.4. The Balaban J connectivity index is 2.53. The molecule has 0 aliphatic carbocycles. The molecule has 0 atom stereocenters. The predicted molar refractivity (Wildman–Crippen MR) is 39.7 cm³/mol. The van der Waals surface area contributed by atoms with Crippen LogP contribution >= 0.6 is 27.5 Å². The van der Waals surface area contributed by atoms with Gasteiger partial charge in [-0.1, -0.05) is 15.9 Å². The van der Waals surface area contributed by atoms with Crippen molar-refractivity contribution >= 4 is 27.5 Å². The molecule has 0 fully saturated rings. The molecule has 0 aromatic heterocycles. The van der Waals surface area contributed by atoms with E-state index in [0.29, 0.717) is 5.52 Å². The quantitative estimate of drug-likeness (QED) is 0.490. The molecule has 3 heteroatoms. The minimum absolute atomic E-state index is 0.634. The monoisotopic (exact) mass is 200 g/mol. The second-order valence-electron chi connectivity index (χ2n) is 1.41. The van der Waals surface area contributed by atoms with E-state index in [9.17, 15) is 0 Å². The van der Waals surface area contributed by atoms with Gasteiger partial charge in [0.1, 0.15) is 5.52 Å². The van der Waals surface area contributed by atoms with Gasteiger partial charge in [0.15, 0.2) is 0 Å². The molecule has 0 heterocycles. The van der Waals surface area contributed by atoms with Gasteiger partial charge in [-0.25, -0.2) is 0 Å². The number of ether oxygens (including phenoxy) is 1. The minimum Gasteiger partial charge on any atom is -0.370 e. The first kappa shape index (κ1) is 8.73. The van der Waals surface area contributed by atoms with Gasteiger partial charge in [-0.2, -0.15) is 0 Å². The zero-order valence-corrected chi connectivity index (χ0v) is 7.04. The van der Waals surface area contributed by atoms with Gasteiger partial charge in [0, 0.05) is 12.5 Å². The van der Waals surface area contributed by atoms with Gasteiger partial charge in [0.2, 0.25) is 0 Å². The molecule has 0 amide bonds. The summed E-state index contributed by atoms with van der Waals surface area (Å²) in [6.07, 6.45) is 2.11. The maximum absolute atomic E-state index is 5.41. The Hall–Kier alpha value is 0.730. The molecule has 0 aromatic carbocycles. The smallest absolute Gasteiger partial charge is 0.101 e. The number of alkyl halides is 2. The van der Waals surface area contributed by atoms with Crippen molar-refractivity contribution in [2.24, 2.45) is 0 Å². The van der Waals surface area contributed by atoms with Crippen LogP contribution in [0.4, 0.5) is 0 Å². The van der Waals surface area contributed by atoms with E-state index in [2.05, 4.69) is 15.9 Å². The SMILES string of the molecule is ClCCCCOCBr. The molecule has 50 valence electrons. The molecule has 0 aliphatic rings. The van der Waals surface area contributed by atoms with E-state index in [1.165, 1.54) is 0 Å². The van der Waals surface area contributed by atoms with Gasteiger partial charge in [-0.3, -0.25) is 0 Å². The van der Waals surface area contributed by atoms with Crippen LogP contribution in [0, 0.1) is 0 Å². The average Bonchev–Trinajstić information content (AvgIpc) is 1.81. The molecule has 0 bridgehead atoms. The summed E-state index contributed by atoms with van der Waals surface area (Å²) in [5.41, 5.74) is 0.634. The Morgan fingerprint density at radius 3 is 2.62 bits per heavy atom. The maximum atomic E-state index is 5.41. The number of hydrogen-bond acceptors (Lipinski definition) is 1. The fraction of sp³-hybridized carbons (Fsp3) is 1.00. The Morgan fingerprint density at radius 1 is 1.38 bits per heavy atom. The first-order chi connectivity index (χ1) is 3.91. The maximum Gasteiger partial charge on any atom is 0.101 e. The molecule has 0 unspecified atom stereocenters. The van der Waals surface area contributed by atoms with Crippen LogP contribution in [-0.4, -0.2) is 18.0 Å². The molecule has 0 radical (unpaired) electrons. The summed E-state index contributed by atoms with van der Waals surface area (Å²) in [5, 5.41) is 0. The summed E-state index contributed by atoms with van der Waals surface area (Å²) in [6, 6.07) is 0. The van der Waals surface area contributed by atoms with Crippen molar-refractivity contribution in [1.29, 1.82) is 0 Å². The van der Waals surface area contributed by atoms with Gasteiger partial charge in [-0.15, -0.1) is 11.6 Å². The van der Waals surface area contributed by atoms with E-state index in [0.717, 1.165) is 25.3 Å². The topological polar surface area (TPSA) is 9.23 Å². The van der Waals surface area contributed by atoms with Crippen LogP contribution in [0.3, 0.4) is 0 Å². The van der Waals surface area contributed by atoms with E-state index in [-0.39, 0.29) is 0 Å². The zero-order valence-electron chi connectivity index (χ0n) is 4.70. The number of halogens is 2. The van der Waals surface area contributed by atoms with Gasteiger partial charge in [0.05, 0.1) is 0 Å². The highest BCUT2D eigenvalue weighted by Gasteiger charge is 1.84. The molecular formula is C5H10BrClO. The lowest BCUT2D eigenvalue weighted by Gasteiger charge is -1.95. The van der Waals surface area contributed by atoms with Crippen molar-refractivity contribution in [3.8, 4) is 0 Å². The number of unbranched alkanes of at least 4 members (excludes halogenated alkanes) is 1. The lowest BCUT2D eigenvalue weighted by molar-refractivity contribution is 0.182. The van der Waals surface area contributed by atoms with Crippen LogP contribution in [0.15, 0.2) is 0 Å². The fourth-order valence-electron chi connectivity index (χ4n) is 0.353. The van der Waals surface area contributed by atoms with Crippen LogP contribution < -0.4 is 0 Å². The second-order valence-corrected chi connectivity index (χ2v) is 2.25. The van der Waals surface area contributed by atoms with E-state index >= 15 is 0 Å². The van der Waals surface area contributed by atoms with E-state index in [4.69, 9.17) is 16.3 Å².